The Morgan fingerprint density at radius 1 is 1.30 bits per heavy atom. The van der Waals surface area contributed by atoms with Crippen LogP contribution in [0.25, 0.3) is 0 Å². The third kappa shape index (κ3) is 4.23. The molecule has 1 N–H and O–H groups in total. The van der Waals surface area contributed by atoms with Crippen LogP contribution in [0.4, 0.5) is 5.69 Å². The highest BCUT2D eigenvalue weighted by Crippen LogP contribution is 2.13. The molecule has 0 saturated carbocycles. The molecule has 1 amide bonds. The summed E-state index contributed by atoms with van der Waals surface area (Å²) in [6, 6.07) is 8.42. The number of hydrogen-bond acceptors (Lipinski definition) is 3. The molecule has 4 heteroatoms. The monoisotopic (exact) mass is 276 g/mol. The zero-order chi connectivity index (χ0) is 14.4. The highest BCUT2D eigenvalue weighted by atomic mass is 16.5. The normalized spacial score (nSPS) is 18.6. The van der Waals surface area contributed by atoms with E-state index in [0.29, 0.717) is 13.2 Å². The Labute approximate surface area is 121 Å². The van der Waals surface area contributed by atoms with Crippen molar-refractivity contribution in [2.75, 3.05) is 32.1 Å². The zero-order valence-corrected chi connectivity index (χ0v) is 12.4. The van der Waals surface area contributed by atoms with Crippen LogP contribution in [-0.2, 0) is 16.0 Å². The minimum absolute atomic E-state index is 0.0367. The molecule has 20 heavy (non-hydrogen) atoms. The Hall–Kier alpha value is -1.55. The van der Waals surface area contributed by atoms with Gasteiger partial charge >= 0.3 is 0 Å². The van der Waals surface area contributed by atoms with Crippen LogP contribution in [0.5, 0.6) is 0 Å². The van der Waals surface area contributed by atoms with Crippen LogP contribution in [0.15, 0.2) is 24.3 Å². The van der Waals surface area contributed by atoms with Gasteiger partial charge in [0.1, 0.15) is 6.10 Å². The first-order valence-corrected chi connectivity index (χ1v) is 7.32. The average molecular weight is 276 g/mol. The van der Waals surface area contributed by atoms with E-state index in [0.717, 1.165) is 25.7 Å². The third-order valence-electron chi connectivity index (χ3n) is 3.64. The van der Waals surface area contributed by atoms with Crippen LogP contribution < -0.4 is 10.2 Å². The van der Waals surface area contributed by atoms with Crippen molar-refractivity contribution in [1.82, 2.24) is 5.32 Å². The van der Waals surface area contributed by atoms with Gasteiger partial charge in [-0.05, 0) is 43.4 Å². The Morgan fingerprint density at radius 2 is 2.05 bits per heavy atom. The Kier molecular flexibility index (Phi) is 5.41. The van der Waals surface area contributed by atoms with Crippen LogP contribution in [0.1, 0.15) is 24.8 Å². The number of anilines is 1. The fraction of sp³-hybridized carbons (Fsp3) is 0.562. The van der Waals surface area contributed by atoms with Gasteiger partial charge in [0, 0.05) is 32.9 Å². The fourth-order valence-electron chi connectivity index (χ4n) is 2.35. The van der Waals surface area contributed by atoms with Crippen LogP contribution in [0.2, 0.25) is 0 Å². The molecule has 2 rings (SSSR count). The third-order valence-corrected chi connectivity index (χ3v) is 3.64. The molecule has 0 aromatic heterocycles. The lowest BCUT2D eigenvalue weighted by Gasteiger charge is -2.21. The molecule has 1 aliphatic heterocycles. The second kappa shape index (κ2) is 7.29. The lowest BCUT2D eigenvalue weighted by atomic mass is 10.1. The van der Waals surface area contributed by atoms with Crippen molar-refractivity contribution < 1.29 is 9.53 Å². The molecular weight excluding hydrogens is 252 g/mol. The summed E-state index contributed by atoms with van der Waals surface area (Å²) in [7, 11) is 4.05. The summed E-state index contributed by atoms with van der Waals surface area (Å²) in [5, 5.41) is 2.96. The summed E-state index contributed by atoms with van der Waals surface area (Å²) < 4.78 is 5.47. The first-order valence-electron chi connectivity index (χ1n) is 7.32. The number of carbonyl (C=O) groups is 1. The predicted molar refractivity (Wildman–Crippen MR) is 81.1 cm³/mol. The topological polar surface area (TPSA) is 41.6 Å². The van der Waals surface area contributed by atoms with Gasteiger partial charge in [0.2, 0.25) is 5.91 Å². The molecule has 0 aliphatic carbocycles. The number of rotatable bonds is 5. The smallest absolute Gasteiger partial charge is 0.249 e. The number of nitrogens with zero attached hydrogens (tertiary/aromatic N) is 1. The van der Waals surface area contributed by atoms with Gasteiger partial charge in [0.15, 0.2) is 0 Å². The summed E-state index contributed by atoms with van der Waals surface area (Å²) in [4.78, 5) is 14.0. The van der Waals surface area contributed by atoms with Gasteiger partial charge in [-0.15, -0.1) is 0 Å². The van der Waals surface area contributed by atoms with Crippen molar-refractivity contribution >= 4 is 11.6 Å². The van der Waals surface area contributed by atoms with E-state index >= 15 is 0 Å². The second-order valence-corrected chi connectivity index (χ2v) is 5.46. The van der Waals surface area contributed by atoms with Gasteiger partial charge in [-0.1, -0.05) is 12.1 Å². The summed E-state index contributed by atoms with van der Waals surface area (Å²) >= 11 is 0. The standard InChI is InChI=1S/C16H24N2O2/c1-18(2)14-8-6-13(7-9-14)10-11-17-16(19)15-5-3-4-12-20-15/h6-9,15H,3-5,10-12H2,1-2H3,(H,17,19)/t15-/m0/s1. The molecule has 1 saturated heterocycles. The van der Waals surface area contributed by atoms with E-state index in [1.807, 2.05) is 14.1 Å². The maximum absolute atomic E-state index is 11.9. The molecule has 1 aromatic carbocycles. The molecule has 0 bridgehead atoms. The van der Waals surface area contributed by atoms with Crippen LogP contribution in [0, 0.1) is 0 Å². The summed E-state index contributed by atoms with van der Waals surface area (Å²) in [6.07, 6.45) is 3.63. The van der Waals surface area contributed by atoms with E-state index < -0.39 is 0 Å². The van der Waals surface area contributed by atoms with Crippen molar-refractivity contribution in [3.63, 3.8) is 0 Å². The fourth-order valence-corrected chi connectivity index (χ4v) is 2.35. The molecule has 0 spiro atoms. The largest absolute Gasteiger partial charge is 0.378 e. The van der Waals surface area contributed by atoms with Gasteiger partial charge in [-0.25, -0.2) is 0 Å². The van der Waals surface area contributed by atoms with E-state index in [-0.39, 0.29) is 12.0 Å². The van der Waals surface area contributed by atoms with Gasteiger partial charge in [-0.2, -0.15) is 0 Å². The van der Waals surface area contributed by atoms with Crippen molar-refractivity contribution in [2.45, 2.75) is 31.8 Å². The van der Waals surface area contributed by atoms with Crippen LogP contribution >= 0.6 is 0 Å². The van der Waals surface area contributed by atoms with Crippen molar-refractivity contribution in [2.24, 2.45) is 0 Å². The summed E-state index contributed by atoms with van der Waals surface area (Å²) in [5.41, 5.74) is 2.42. The lowest BCUT2D eigenvalue weighted by molar-refractivity contribution is -0.135. The molecule has 1 aliphatic rings. The predicted octanol–water partition coefficient (Wildman–Crippen LogP) is 1.98. The first kappa shape index (κ1) is 14.9. The van der Waals surface area contributed by atoms with Gasteiger partial charge in [-0.3, -0.25) is 4.79 Å². The summed E-state index contributed by atoms with van der Waals surface area (Å²) in [5.74, 6) is 0.0367. The van der Waals surface area contributed by atoms with Crippen molar-refractivity contribution in [3.05, 3.63) is 29.8 Å². The SMILES string of the molecule is CN(C)c1ccc(CCNC(=O)[C@@H]2CCCCO2)cc1. The number of benzene rings is 1. The maximum atomic E-state index is 11.9. The average Bonchev–Trinajstić information content (AvgIpc) is 2.48. The Balaban J connectivity index is 1.73. The Morgan fingerprint density at radius 3 is 2.65 bits per heavy atom. The maximum Gasteiger partial charge on any atom is 0.249 e. The molecule has 1 heterocycles. The number of nitrogens with one attached hydrogen (secondary N) is 1. The van der Waals surface area contributed by atoms with E-state index in [2.05, 4.69) is 34.5 Å². The molecule has 1 fully saturated rings. The van der Waals surface area contributed by atoms with Gasteiger partial charge in [0.25, 0.3) is 0 Å². The highest BCUT2D eigenvalue weighted by molar-refractivity contribution is 5.80. The van der Waals surface area contributed by atoms with E-state index in [9.17, 15) is 4.79 Å². The lowest BCUT2D eigenvalue weighted by Crippen LogP contribution is -2.39. The summed E-state index contributed by atoms with van der Waals surface area (Å²) in [6.45, 7) is 1.38. The molecule has 0 radical (unpaired) electrons. The molecule has 4 nitrogen and oxygen atoms in total. The molecular formula is C16H24N2O2. The minimum Gasteiger partial charge on any atom is -0.378 e. The molecule has 1 aromatic rings. The first-order chi connectivity index (χ1) is 9.66. The van der Waals surface area contributed by atoms with E-state index in [1.165, 1.54) is 11.3 Å². The number of ether oxygens (including phenoxy) is 1. The minimum atomic E-state index is -0.236. The van der Waals surface area contributed by atoms with Crippen LogP contribution in [0.3, 0.4) is 0 Å². The van der Waals surface area contributed by atoms with E-state index in [4.69, 9.17) is 4.74 Å². The number of carbonyl (C=O) groups excluding carboxylic acids is 1. The number of hydrogen-bond donors (Lipinski definition) is 1. The van der Waals surface area contributed by atoms with E-state index in [1.54, 1.807) is 0 Å². The van der Waals surface area contributed by atoms with Gasteiger partial charge < -0.3 is 15.0 Å². The van der Waals surface area contributed by atoms with Crippen molar-refractivity contribution in [3.8, 4) is 0 Å². The van der Waals surface area contributed by atoms with Crippen molar-refractivity contribution in [1.29, 1.82) is 0 Å². The second-order valence-electron chi connectivity index (χ2n) is 5.46. The quantitative estimate of drug-likeness (QED) is 0.894. The molecule has 110 valence electrons. The zero-order valence-electron chi connectivity index (χ0n) is 12.4. The Bertz CT molecular complexity index is 423. The van der Waals surface area contributed by atoms with Crippen LogP contribution in [-0.4, -0.2) is 39.3 Å². The molecule has 1 atom stereocenters. The highest BCUT2D eigenvalue weighted by Gasteiger charge is 2.21. The molecule has 0 unspecified atom stereocenters. The number of amides is 1. The van der Waals surface area contributed by atoms with Gasteiger partial charge in [0.05, 0.1) is 0 Å².